The van der Waals surface area contributed by atoms with Gasteiger partial charge in [-0.3, -0.25) is 14.6 Å². The summed E-state index contributed by atoms with van der Waals surface area (Å²) in [6.07, 6.45) is 11.4. The summed E-state index contributed by atoms with van der Waals surface area (Å²) in [5.74, 6) is 0.874. The maximum absolute atomic E-state index is 13.0. The smallest absolute Gasteiger partial charge is 0.251 e. The Hall–Kier alpha value is -3.35. The molecule has 0 bridgehead atoms. The van der Waals surface area contributed by atoms with Crippen LogP contribution in [0.15, 0.2) is 85.1 Å². The molecule has 3 N–H and O–H groups in total. The van der Waals surface area contributed by atoms with Gasteiger partial charge in [-0.25, -0.2) is 0 Å². The van der Waals surface area contributed by atoms with E-state index in [1.807, 2.05) is 43.4 Å². The number of ether oxygens (including phenoxy) is 1. The molecule has 0 radical (unpaired) electrons. The number of carbonyl (C=O) groups is 1. The van der Waals surface area contributed by atoms with Crippen molar-refractivity contribution < 1.29 is 9.53 Å². The highest BCUT2D eigenvalue weighted by Crippen LogP contribution is 2.25. The maximum atomic E-state index is 13.0. The Morgan fingerprint density at radius 3 is 2.42 bits per heavy atom. The summed E-state index contributed by atoms with van der Waals surface area (Å²) in [7, 11) is 0. The number of hydrogen-bond donors (Lipinski definition) is 2. The standard InChI is InChI=1S/C32H42N4O2/c1-3-26(10-7-17-33)23-36-20-15-30(16-21-36)38-31-12-11-28(22-25(31)2)32(37)34-29-13-18-35(19-14-29)24-27-8-5-4-6-9-27/h3-12,17,22,29-30H,1,13-16,18-21,23-24,33H2,2H3,(H,34,37)/b17-7-,26-10+. The Kier molecular flexibility index (Phi) is 10.2. The van der Waals surface area contributed by atoms with Crippen LogP contribution < -0.4 is 15.8 Å². The van der Waals surface area contributed by atoms with Crippen molar-refractivity contribution in [1.29, 1.82) is 0 Å². The number of allylic oxidation sites excluding steroid dienone is 2. The molecule has 1 amide bonds. The minimum Gasteiger partial charge on any atom is -0.490 e. The quantitative estimate of drug-likeness (QED) is 0.445. The summed E-state index contributed by atoms with van der Waals surface area (Å²) < 4.78 is 6.35. The van der Waals surface area contributed by atoms with Gasteiger partial charge in [-0.1, -0.05) is 49.1 Å². The summed E-state index contributed by atoms with van der Waals surface area (Å²) >= 11 is 0. The second-order valence-corrected chi connectivity index (χ2v) is 10.4. The van der Waals surface area contributed by atoms with Crippen LogP contribution in [0.5, 0.6) is 5.75 Å². The van der Waals surface area contributed by atoms with Gasteiger partial charge in [-0.05, 0) is 79.8 Å². The number of aryl methyl sites for hydroxylation is 1. The van der Waals surface area contributed by atoms with Crippen molar-refractivity contribution in [2.45, 2.75) is 51.3 Å². The normalized spacial score (nSPS) is 18.5. The number of carbonyl (C=O) groups excluding carboxylic acids is 1. The van der Waals surface area contributed by atoms with Crippen molar-refractivity contribution in [3.63, 3.8) is 0 Å². The van der Waals surface area contributed by atoms with Gasteiger partial charge in [0.15, 0.2) is 0 Å². The Balaban J connectivity index is 1.21. The van der Waals surface area contributed by atoms with Crippen molar-refractivity contribution in [3.8, 4) is 5.75 Å². The van der Waals surface area contributed by atoms with Gasteiger partial charge in [0, 0.05) is 50.9 Å². The number of rotatable bonds is 10. The van der Waals surface area contributed by atoms with Gasteiger partial charge >= 0.3 is 0 Å². The molecule has 2 aliphatic heterocycles. The van der Waals surface area contributed by atoms with Crippen LogP contribution in [-0.4, -0.2) is 60.6 Å². The van der Waals surface area contributed by atoms with Crippen LogP contribution in [0.3, 0.4) is 0 Å². The molecule has 2 saturated heterocycles. The van der Waals surface area contributed by atoms with Crippen LogP contribution in [0.4, 0.5) is 0 Å². The number of nitrogens with one attached hydrogen (secondary N) is 1. The molecule has 6 nitrogen and oxygen atoms in total. The number of benzene rings is 2. The summed E-state index contributed by atoms with van der Waals surface area (Å²) in [6.45, 7) is 11.7. The van der Waals surface area contributed by atoms with Gasteiger partial charge in [-0.15, -0.1) is 0 Å². The molecule has 2 aromatic carbocycles. The topological polar surface area (TPSA) is 70.8 Å². The largest absolute Gasteiger partial charge is 0.490 e. The fourth-order valence-electron chi connectivity index (χ4n) is 5.26. The highest BCUT2D eigenvalue weighted by Gasteiger charge is 2.23. The van der Waals surface area contributed by atoms with Crippen molar-refractivity contribution in [3.05, 3.63) is 102 Å². The first kappa shape index (κ1) is 27.7. The monoisotopic (exact) mass is 514 g/mol. The molecule has 2 aliphatic rings. The SMILES string of the molecule is C=C/C(=C\C=C/N)CN1CCC(Oc2ccc(C(=O)NC3CCN(Cc4ccccc4)CC3)cc2C)CC1. The van der Waals surface area contributed by atoms with E-state index in [-0.39, 0.29) is 18.1 Å². The summed E-state index contributed by atoms with van der Waals surface area (Å²) in [4.78, 5) is 17.8. The van der Waals surface area contributed by atoms with E-state index in [0.29, 0.717) is 5.56 Å². The minimum absolute atomic E-state index is 0.00465. The lowest BCUT2D eigenvalue weighted by atomic mass is 10.0. The highest BCUT2D eigenvalue weighted by atomic mass is 16.5. The molecule has 6 heteroatoms. The van der Waals surface area contributed by atoms with Crippen LogP contribution in [-0.2, 0) is 6.54 Å². The number of piperidine rings is 2. The van der Waals surface area contributed by atoms with Crippen LogP contribution >= 0.6 is 0 Å². The Labute approximate surface area is 227 Å². The van der Waals surface area contributed by atoms with Crippen molar-refractivity contribution in [2.24, 2.45) is 5.73 Å². The maximum Gasteiger partial charge on any atom is 0.251 e. The van der Waals surface area contributed by atoms with E-state index >= 15 is 0 Å². The zero-order chi connectivity index (χ0) is 26.7. The van der Waals surface area contributed by atoms with Crippen molar-refractivity contribution in [2.75, 3.05) is 32.7 Å². The molecule has 0 unspecified atom stereocenters. The number of amides is 1. The van der Waals surface area contributed by atoms with Crippen molar-refractivity contribution >= 4 is 5.91 Å². The molecule has 0 aliphatic carbocycles. The predicted molar refractivity (Wildman–Crippen MR) is 155 cm³/mol. The molecular weight excluding hydrogens is 472 g/mol. The second kappa shape index (κ2) is 14.0. The number of hydrogen-bond acceptors (Lipinski definition) is 5. The van der Waals surface area contributed by atoms with Gasteiger partial charge in [0.05, 0.1) is 0 Å². The minimum atomic E-state index is 0.00465. The van der Waals surface area contributed by atoms with Crippen molar-refractivity contribution in [1.82, 2.24) is 15.1 Å². The average molecular weight is 515 g/mol. The summed E-state index contributed by atoms with van der Waals surface area (Å²) in [6, 6.07) is 16.6. The molecule has 2 aromatic rings. The molecule has 0 atom stereocenters. The average Bonchev–Trinajstić information content (AvgIpc) is 2.94. The summed E-state index contributed by atoms with van der Waals surface area (Å²) in [5, 5.41) is 3.25. The first-order valence-corrected chi connectivity index (χ1v) is 13.8. The van der Waals surface area contributed by atoms with Gasteiger partial charge in [0.2, 0.25) is 0 Å². The van der Waals surface area contributed by atoms with Gasteiger partial charge in [-0.2, -0.15) is 0 Å². The molecule has 38 heavy (non-hydrogen) atoms. The van der Waals surface area contributed by atoms with Gasteiger partial charge < -0.3 is 15.8 Å². The third-order valence-electron chi connectivity index (χ3n) is 7.53. The Morgan fingerprint density at radius 1 is 1.05 bits per heavy atom. The van der Waals surface area contributed by atoms with E-state index in [1.165, 1.54) is 11.8 Å². The molecule has 2 heterocycles. The Morgan fingerprint density at radius 2 is 1.76 bits per heavy atom. The molecule has 0 saturated carbocycles. The zero-order valence-electron chi connectivity index (χ0n) is 22.6. The fraction of sp³-hybridized carbons (Fsp3) is 0.406. The van der Waals surface area contributed by atoms with Gasteiger partial charge in [0.25, 0.3) is 5.91 Å². The van der Waals surface area contributed by atoms with Crippen LogP contribution in [0, 0.1) is 6.92 Å². The predicted octanol–water partition coefficient (Wildman–Crippen LogP) is 4.82. The van der Waals surface area contributed by atoms with E-state index in [0.717, 1.165) is 81.8 Å². The molecule has 4 rings (SSSR count). The van der Waals surface area contributed by atoms with E-state index in [2.05, 4.69) is 52.0 Å². The van der Waals surface area contributed by atoms with E-state index < -0.39 is 0 Å². The number of nitrogens with two attached hydrogens (primary N) is 1. The first-order chi connectivity index (χ1) is 18.5. The molecule has 202 valence electrons. The molecule has 0 aromatic heterocycles. The third kappa shape index (κ3) is 8.07. The lowest BCUT2D eigenvalue weighted by molar-refractivity contribution is 0.0908. The van der Waals surface area contributed by atoms with E-state index in [4.69, 9.17) is 10.5 Å². The second-order valence-electron chi connectivity index (χ2n) is 10.4. The molecular formula is C32H42N4O2. The van der Waals surface area contributed by atoms with Crippen LogP contribution in [0.2, 0.25) is 0 Å². The summed E-state index contributed by atoms with van der Waals surface area (Å²) in [5.41, 5.74) is 9.65. The van der Waals surface area contributed by atoms with E-state index in [9.17, 15) is 4.79 Å². The zero-order valence-corrected chi connectivity index (χ0v) is 22.6. The first-order valence-electron chi connectivity index (χ1n) is 13.8. The third-order valence-corrected chi connectivity index (χ3v) is 7.53. The lowest BCUT2D eigenvalue weighted by Gasteiger charge is -2.33. The van der Waals surface area contributed by atoms with Crippen LogP contribution in [0.25, 0.3) is 0 Å². The van der Waals surface area contributed by atoms with Gasteiger partial charge in [0.1, 0.15) is 11.9 Å². The molecule has 2 fully saturated rings. The van der Waals surface area contributed by atoms with Crippen LogP contribution in [0.1, 0.15) is 47.2 Å². The Bertz CT molecular complexity index is 1110. The number of nitrogens with zero attached hydrogens (tertiary/aromatic N) is 2. The molecule has 0 spiro atoms. The fourth-order valence-corrected chi connectivity index (χ4v) is 5.26. The highest BCUT2D eigenvalue weighted by molar-refractivity contribution is 5.94. The van der Waals surface area contributed by atoms with E-state index in [1.54, 1.807) is 0 Å². The number of likely N-dealkylation sites (tertiary alicyclic amines) is 2. The lowest BCUT2D eigenvalue weighted by Crippen LogP contribution is -2.44.